The molecule has 3 N–H and O–H groups in total. The van der Waals surface area contributed by atoms with Crippen LogP contribution in [0.25, 0.3) is 0 Å². The predicted octanol–water partition coefficient (Wildman–Crippen LogP) is 3.74. The van der Waals surface area contributed by atoms with Crippen molar-refractivity contribution in [3.8, 4) is 0 Å². The van der Waals surface area contributed by atoms with Gasteiger partial charge >= 0.3 is 5.69 Å². The lowest BCUT2D eigenvalue weighted by molar-refractivity contribution is -0.386. The maximum Gasteiger partial charge on any atom is 0.335 e. The molecule has 1 saturated carbocycles. The van der Waals surface area contributed by atoms with Crippen molar-refractivity contribution in [3.63, 3.8) is 0 Å². The molecule has 1 aromatic carbocycles. The molecular weight excluding hydrogens is 450 g/mol. The minimum absolute atomic E-state index is 0.0213. The predicted molar refractivity (Wildman–Crippen MR) is 119 cm³/mol. The molecular formula is C20H21N7O5S. The second-order valence-corrected chi connectivity index (χ2v) is 8.33. The van der Waals surface area contributed by atoms with Crippen LogP contribution in [-0.2, 0) is 21.2 Å². The highest BCUT2D eigenvalue weighted by Gasteiger charge is 2.29. The van der Waals surface area contributed by atoms with Crippen molar-refractivity contribution in [3.05, 3.63) is 51.8 Å². The molecule has 13 heteroatoms. The van der Waals surface area contributed by atoms with E-state index in [1.54, 1.807) is 18.2 Å². The Morgan fingerprint density at radius 3 is 2.67 bits per heavy atom. The number of aromatic amines is 1. The summed E-state index contributed by atoms with van der Waals surface area (Å²) in [6.45, 7) is 1.56. The number of nitro groups is 1. The number of nitrogens with zero attached hydrogens (tertiary/aromatic N) is 4. The zero-order valence-corrected chi connectivity index (χ0v) is 18.6. The van der Waals surface area contributed by atoms with E-state index in [0.717, 1.165) is 23.4 Å². The third-order valence-electron chi connectivity index (χ3n) is 4.66. The van der Waals surface area contributed by atoms with Crippen LogP contribution in [0.5, 0.6) is 0 Å². The van der Waals surface area contributed by atoms with E-state index in [-0.39, 0.29) is 40.8 Å². The van der Waals surface area contributed by atoms with Gasteiger partial charge in [0.25, 0.3) is 0 Å². The van der Waals surface area contributed by atoms with E-state index < -0.39 is 4.92 Å². The number of rotatable bonds is 10. The summed E-state index contributed by atoms with van der Waals surface area (Å²) in [5.74, 6) is 0.498. The standard InChI is InChI=1S/C20H21N7O5S/c1-11-9-16(26-25-11)23-18-17(27(29)30)15(10-32-31-2)22-20(24-18)33-14-7-5-13(6-8-14)21-19(28)12-3-4-12/h5-9,12H,3-4,10H2,1-2H3,(H,21,28)(H2,22,23,24,25,26). The highest BCUT2D eigenvalue weighted by molar-refractivity contribution is 7.99. The summed E-state index contributed by atoms with van der Waals surface area (Å²) in [4.78, 5) is 42.1. The van der Waals surface area contributed by atoms with Crippen LogP contribution in [0.1, 0.15) is 24.2 Å². The Morgan fingerprint density at radius 1 is 1.30 bits per heavy atom. The van der Waals surface area contributed by atoms with Gasteiger partial charge in [0.2, 0.25) is 11.7 Å². The summed E-state index contributed by atoms with van der Waals surface area (Å²) >= 11 is 1.21. The van der Waals surface area contributed by atoms with E-state index in [9.17, 15) is 14.9 Å². The SMILES string of the molecule is COOCc1nc(Sc2ccc(NC(=O)C3CC3)cc2)nc(Nc2cc(C)[nH]n2)c1[N+](=O)[O-]. The second-order valence-electron chi connectivity index (χ2n) is 7.29. The van der Waals surface area contributed by atoms with Gasteiger partial charge in [-0.2, -0.15) is 10.1 Å². The topological polar surface area (TPSA) is 157 Å². The van der Waals surface area contributed by atoms with Crippen molar-refractivity contribution in [1.82, 2.24) is 20.2 Å². The molecule has 1 aliphatic rings. The quantitative estimate of drug-likeness (QED) is 0.172. The van der Waals surface area contributed by atoms with E-state index in [1.165, 1.54) is 18.9 Å². The number of nitrogens with one attached hydrogen (secondary N) is 3. The fourth-order valence-electron chi connectivity index (χ4n) is 2.92. The second kappa shape index (κ2) is 9.94. The minimum Gasteiger partial charge on any atom is -0.326 e. The first-order valence-electron chi connectivity index (χ1n) is 10.0. The molecule has 33 heavy (non-hydrogen) atoms. The normalized spacial score (nSPS) is 13.0. The van der Waals surface area contributed by atoms with Gasteiger partial charge < -0.3 is 10.6 Å². The number of hydrogen-bond donors (Lipinski definition) is 3. The van der Waals surface area contributed by atoms with Crippen molar-refractivity contribution < 1.29 is 19.5 Å². The lowest BCUT2D eigenvalue weighted by Gasteiger charge is -2.10. The molecule has 1 aliphatic carbocycles. The van der Waals surface area contributed by atoms with Crippen LogP contribution in [0.3, 0.4) is 0 Å². The summed E-state index contributed by atoms with van der Waals surface area (Å²) in [6.07, 6.45) is 1.86. The highest BCUT2D eigenvalue weighted by atomic mass is 32.2. The number of carbonyl (C=O) groups is 1. The van der Waals surface area contributed by atoms with E-state index in [2.05, 4.69) is 35.7 Å². The average Bonchev–Trinajstić information content (AvgIpc) is 3.56. The number of benzene rings is 1. The molecule has 0 unspecified atom stereocenters. The van der Waals surface area contributed by atoms with Crippen LogP contribution in [0.15, 0.2) is 40.4 Å². The maximum atomic E-state index is 11.9. The van der Waals surface area contributed by atoms with Gasteiger partial charge in [-0.3, -0.25) is 20.0 Å². The Balaban J connectivity index is 1.60. The molecule has 0 saturated heterocycles. The molecule has 2 aromatic heterocycles. The number of aryl methyl sites for hydroxylation is 1. The molecule has 4 rings (SSSR count). The van der Waals surface area contributed by atoms with E-state index in [0.29, 0.717) is 11.5 Å². The monoisotopic (exact) mass is 471 g/mol. The van der Waals surface area contributed by atoms with Crippen LogP contribution >= 0.6 is 11.8 Å². The average molecular weight is 471 g/mol. The third kappa shape index (κ3) is 5.83. The van der Waals surface area contributed by atoms with E-state index >= 15 is 0 Å². The number of anilines is 3. The minimum atomic E-state index is -0.581. The first-order chi connectivity index (χ1) is 15.9. The maximum absolute atomic E-state index is 11.9. The number of H-pyrrole nitrogens is 1. The lowest BCUT2D eigenvalue weighted by atomic mass is 10.3. The Labute approximate surface area is 192 Å². The first kappa shape index (κ1) is 22.6. The molecule has 0 aliphatic heterocycles. The summed E-state index contributed by atoms with van der Waals surface area (Å²) in [5.41, 5.74) is 1.18. The zero-order chi connectivity index (χ0) is 23.4. The zero-order valence-electron chi connectivity index (χ0n) is 17.8. The van der Waals surface area contributed by atoms with Crippen molar-refractivity contribution in [1.29, 1.82) is 0 Å². The molecule has 0 bridgehead atoms. The molecule has 1 fully saturated rings. The fraction of sp³-hybridized carbons (Fsp3) is 0.300. The molecule has 0 radical (unpaired) electrons. The number of hydrogen-bond acceptors (Lipinski definition) is 10. The summed E-state index contributed by atoms with van der Waals surface area (Å²) in [7, 11) is 1.30. The van der Waals surface area contributed by atoms with Gasteiger partial charge in [0.1, 0.15) is 6.61 Å². The van der Waals surface area contributed by atoms with Crippen molar-refractivity contribution in [2.45, 2.75) is 36.4 Å². The van der Waals surface area contributed by atoms with Gasteiger partial charge in [0.15, 0.2) is 16.7 Å². The van der Waals surface area contributed by atoms with Crippen LogP contribution in [0.2, 0.25) is 0 Å². The van der Waals surface area contributed by atoms with Crippen LogP contribution in [0, 0.1) is 23.0 Å². The van der Waals surface area contributed by atoms with Crippen molar-refractivity contribution >= 4 is 40.7 Å². The fourth-order valence-corrected chi connectivity index (χ4v) is 3.70. The van der Waals surface area contributed by atoms with Crippen molar-refractivity contribution in [2.75, 3.05) is 17.7 Å². The van der Waals surface area contributed by atoms with Gasteiger partial charge in [-0.05, 0) is 55.8 Å². The summed E-state index contributed by atoms with van der Waals surface area (Å²) in [6, 6.07) is 8.89. The van der Waals surface area contributed by atoms with Crippen molar-refractivity contribution in [2.24, 2.45) is 5.92 Å². The van der Waals surface area contributed by atoms with Gasteiger partial charge in [-0.25, -0.2) is 14.8 Å². The van der Waals surface area contributed by atoms with E-state index in [1.807, 2.05) is 19.1 Å². The van der Waals surface area contributed by atoms with Gasteiger partial charge in [0, 0.05) is 28.3 Å². The first-order valence-corrected chi connectivity index (χ1v) is 10.8. The molecule has 172 valence electrons. The smallest absolute Gasteiger partial charge is 0.326 e. The Bertz CT molecular complexity index is 1160. The summed E-state index contributed by atoms with van der Waals surface area (Å²) in [5, 5.41) is 24.6. The lowest BCUT2D eigenvalue weighted by Crippen LogP contribution is -2.12. The number of aromatic nitrogens is 4. The molecule has 3 aromatic rings. The Kier molecular flexibility index (Phi) is 6.82. The third-order valence-corrected chi connectivity index (χ3v) is 5.54. The molecule has 12 nitrogen and oxygen atoms in total. The Hall–Kier alpha value is -3.55. The van der Waals surface area contributed by atoms with Crippen LogP contribution in [-0.4, -0.2) is 38.1 Å². The molecule has 2 heterocycles. The molecule has 0 atom stereocenters. The highest BCUT2D eigenvalue weighted by Crippen LogP contribution is 2.34. The Morgan fingerprint density at radius 2 is 2.06 bits per heavy atom. The molecule has 0 spiro atoms. The van der Waals surface area contributed by atoms with Gasteiger partial charge in [-0.15, -0.1) is 0 Å². The van der Waals surface area contributed by atoms with Crippen LogP contribution < -0.4 is 10.6 Å². The van der Waals surface area contributed by atoms with Crippen LogP contribution in [0.4, 0.5) is 23.0 Å². The van der Waals surface area contributed by atoms with Gasteiger partial charge in [0.05, 0.1) is 12.0 Å². The summed E-state index contributed by atoms with van der Waals surface area (Å²) < 4.78 is 0. The van der Waals surface area contributed by atoms with E-state index in [4.69, 9.17) is 4.89 Å². The largest absolute Gasteiger partial charge is 0.335 e. The number of amides is 1. The number of carbonyl (C=O) groups excluding carboxylic acids is 1. The van der Waals surface area contributed by atoms with Gasteiger partial charge in [-0.1, -0.05) is 0 Å². The molecule has 1 amide bonds.